The van der Waals surface area contributed by atoms with Crippen LogP contribution < -0.4 is 0 Å². The summed E-state index contributed by atoms with van der Waals surface area (Å²) in [6.07, 6.45) is 1.58. The highest BCUT2D eigenvalue weighted by Gasteiger charge is 2.59. The van der Waals surface area contributed by atoms with Gasteiger partial charge in [-0.3, -0.25) is 4.79 Å². The molecule has 0 saturated carbocycles. The minimum atomic E-state index is -1.00. The highest BCUT2D eigenvalue weighted by Crippen LogP contribution is 2.75. The van der Waals surface area contributed by atoms with Crippen LogP contribution in [0.3, 0.4) is 0 Å². The molecule has 0 N–H and O–H groups in total. The summed E-state index contributed by atoms with van der Waals surface area (Å²) in [6, 6.07) is 0. The van der Waals surface area contributed by atoms with E-state index in [2.05, 4.69) is 41.0 Å². The quantitative estimate of drug-likeness (QED) is 0.550. The van der Waals surface area contributed by atoms with E-state index >= 15 is 0 Å². The molecule has 1 heterocycles. The van der Waals surface area contributed by atoms with E-state index in [1.54, 1.807) is 0 Å². The van der Waals surface area contributed by atoms with Gasteiger partial charge < -0.3 is 0 Å². The molecular weight excluding hydrogens is 179 g/mol. The molecule has 1 aliphatic rings. The summed E-state index contributed by atoms with van der Waals surface area (Å²) in [7, 11) is -1.00. The molecule has 0 aromatic carbocycles. The van der Waals surface area contributed by atoms with Crippen molar-refractivity contribution >= 4 is 13.0 Å². The number of Topliss-reactive ketones (excluding diaryl/α,β-unsaturated/α-hetero) is 1. The Morgan fingerprint density at radius 2 is 1.31 bits per heavy atom. The molecule has 0 bridgehead atoms. The predicted octanol–water partition coefficient (Wildman–Crippen LogP) is 3.18. The first kappa shape index (κ1) is 11.2. The number of ketones is 1. The van der Waals surface area contributed by atoms with E-state index < -0.39 is 7.26 Å². The van der Waals surface area contributed by atoms with Gasteiger partial charge >= 0.3 is 0 Å². The van der Waals surface area contributed by atoms with Crippen molar-refractivity contribution in [1.29, 1.82) is 0 Å². The van der Waals surface area contributed by atoms with Gasteiger partial charge in [0.25, 0.3) is 0 Å². The monoisotopic (exact) mass is 201 g/mol. The maximum absolute atomic E-state index is 11.6. The minimum Gasteiger partial charge on any atom is -0.299 e. The lowest BCUT2D eigenvalue weighted by atomic mass is 9.96. The van der Waals surface area contributed by atoms with Crippen molar-refractivity contribution in [3.63, 3.8) is 0 Å². The fourth-order valence-electron chi connectivity index (χ4n) is 2.24. The average molecular weight is 201 g/mol. The molecular formula is C11H22OP+. The summed E-state index contributed by atoms with van der Waals surface area (Å²) >= 11 is 0. The fraction of sp³-hybridized carbons (Fsp3) is 0.909. The summed E-state index contributed by atoms with van der Waals surface area (Å²) in [4.78, 5) is 11.6. The number of carbonyl (C=O) groups excluding carboxylic acids is 1. The Hall–Kier alpha value is 0.100. The van der Waals surface area contributed by atoms with E-state index in [9.17, 15) is 4.79 Å². The van der Waals surface area contributed by atoms with E-state index in [-0.39, 0.29) is 10.3 Å². The summed E-state index contributed by atoms with van der Waals surface area (Å²) < 4.78 is 0. The Kier molecular flexibility index (Phi) is 2.40. The van der Waals surface area contributed by atoms with Crippen LogP contribution in [0.25, 0.3) is 0 Å². The van der Waals surface area contributed by atoms with Crippen molar-refractivity contribution in [2.45, 2.75) is 50.8 Å². The molecule has 0 aromatic rings. The number of carbonyl (C=O) groups is 1. The van der Waals surface area contributed by atoms with Gasteiger partial charge in [-0.2, -0.15) is 0 Å². The van der Waals surface area contributed by atoms with Crippen LogP contribution in [0.1, 0.15) is 40.5 Å². The maximum atomic E-state index is 11.6. The first-order chi connectivity index (χ1) is 5.60. The third kappa shape index (κ3) is 1.56. The van der Waals surface area contributed by atoms with Crippen molar-refractivity contribution in [2.24, 2.45) is 0 Å². The van der Waals surface area contributed by atoms with E-state index in [0.717, 1.165) is 12.8 Å². The molecule has 0 amide bonds. The zero-order valence-electron chi connectivity index (χ0n) is 9.77. The first-order valence-electron chi connectivity index (χ1n) is 4.96. The normalized spacial score (nSPS) is 30.2. The third-order valence-corrected chi connectivity index (χ3v) is 10.7. The van der Waals surface area contributed by atoms with Crippen molar-refractivity contribution in [2.75, 3.05) is 13.3 Å². The molecule has 76 valence electrons. The van der Waals surface area contributed by atoms with E-state index in [1.807, 2.05) is 0 Å². The van der Waals surface area contributed by atoms with Gasteiger partial charge in [0.05, 0.1) is 10.3 Å². The van der Waals surface area contributed by atoms with Crippen LogP contribution >= 0.6 is 7.26 Å². The number of rotatable bonds is 0. The van der Waals surface area contributed by atoms with Gasteiger partial charge in [-0.15, -0.1) is 0 Å². The Morgan fingerprint density at radius 3 is 1.62 bits per heavy atom. The van der Waals surface area contributed by atoms with Crippen LogP contribution in [0, 0.1) is 0 Å². The number of hydrogen-bond donors (Lipinski definition) is 0. The van der Waals surface area contributed by atoms with E-state index in [1.165, 1.54) is 0 Å². The van der Waals surface area contributed by atoms with Crippen LogP contribution in [-0.4, -0.2) is 29.4 Å². The standard InChI is InChI=1S/C11H22OP/c1-10(2)7-9(12)8-11(3,4)13(10,5)6/h7-8H2,1-6H3/q+1. The predicted molar refractivity (Wildman–Crippen MR) is 61.2 cm³/mol. The zero-order chi connectivity index (χ0) is 10.5. The lowest BCUT2D eigenvalue weighted by molar-refractivity contribution is -0.120. The summed E-state index contributed by atoms with van der Waals surface area (Å²) in [5.41, 5.74) is 0. The molecule has 2 heteroatoms. The second-order valence-electron chi connectivity index (χ2n) is 5.97. The average Bonchev–Trinajstić information content (AvgIpc) is 1.80. The summed E-state index contributed by atoms with van der Waals surface area (Å²) in [5.74, 6) is 0.453. The molecule has 13 heavy (non-hydrogen) atoms. The third-order valence-electron chi connectivity index (χ3n) is 4.29. The van der Waals surface area contributed by atoms with Gasteiger partial charge in [0, 0.05) is 33.4 Å². The molecule has 0 radical (unpaired) electrons. The molecule has 1 nitrogen and oxygen atoms in total. The Morgan fingerprint density at radius 1 is 1.00 bits per heavy atom. The summed E-state index contributed by atoms with van der Waals surface area (Å²) in [5, 5.41) is 0.484. The van der Waals surface area contributed by atoms with Crippen LogP contribution in [0.15, 0.2) is 0 Å². The van der Waals surface area contributed by atoms with Gasteiger partial charge in [-0.1, -0.05) is 0 Å². The molecule has 1 aliphatic heterocycles. The van der Waals surface area contributed by atoms with Gasteiger partial charge in [0.2, 0.25) is 0 Å². The summed E-state index contributed by atoms with van der Waals surface area (Å²) in [6.45, 7) is 13.9. The van der Waals surface area contributed by atoms with E-state index in [0.29, 0.717) is 5.78 Å². The Bertz CT molecular complexity index is 216. The smallest absolute Gasteiger partial charge is 0.141 e. The molecule has 1 saturated heterocycles. The molecule has 0 unspecified atom stereocenters. The molecule has 0 spiro atoms. The second-order valence-corrected chi connectivity index (χ2v) is 11.3. The lowest BCUT2D eigenvalue weighted by Crippen LogP contribution is -2.44. The SMILES string of the molecule is CC1(C)CC(=O)CC(C)(C)[P+]1(C)C. The maximum Gasteiger partial charge on any atom is 0.141 e. The van der Waals surface area contributed by atoms with Crippen molar-refractivity contribution in [3.05, 3.63) is 0 Å². The lowest BCUT2D eigenvalue weighted by Gasteiger charge is -2.48. The van der Waals surface area contributed by atoms with Crippen LogP contribution in [-0.2, 0) is 4.79 Å². The molecule has 0 aliphatic carbocycles. The Labute approximate surface area is 82.6 Å². The minimum absolute atomic E-state index is 0.242. The zero-order valence-corrected chi connectivity index (χ0v) is 10.7. The molecule has 1 fully saturated rings. The Balaban J connectivity index is 3.10. The van der Waals surface area contributed by atoms with Crippen molar-refractivity contribution in [3.8, 4) is 0 Å². The molecule has 0 atom stereocenters. The van der Waals surface area contributed by atoms with Crippen molar-refractivity contribution in [1.82, 2.24) is 0 Å². The topological polar surface area (TPSA) is 17.1 Å². The first-order valence-corrected chi connectivity index (χ1v) is 7.64. The fourth-order valence-corrected chi connectivity index (χ4v) is 5.02. The van der Waals surface area contributed by atoms with Gasteiger partial charge in [-0.05, 0) is 27.7 Å². The van der Waals surface area contributed by atoms with Crippen LogP contribution in [0.4, 0.5) is 0 Å². The second kappa shape index (κ2) is 2.79. The van der Waals surface area contributed by atoms with Gasteiger partial charge in [0.15, 0.2) is 0 Å². The highest BCUT2D eigenvalue weighted by atomic mass is 31.2. The van der Waals surface area contributed by atoms with Gasteiger partial charge in [0.1, 0.15) is 5.78 Å². The molecule has 0 aromatic heterocycles. The van der Waals surface area contributed by atoms with Crippen LogP contribution in [0.5, 0.6) is 0 Å². The highest BCUT2D eigenvalue weighted by molar-refractivity contribution is 7.77. The van der Waals surface area contributed by atoms with Crippen LogP contribution in [0.2, 0.25) is 0 Å². The molecule has 1 rings (SSSR count). The van der Waals surface area contributed by atoms with E-state index in [4.69, 9.17) is 0 Å². The number of hydrogen-bond acceptors (Lipinski definition) is 1. The van der Waals surface area contributed by atoms with Gasteiger partial charge in [-0.25, -0.2) is 0 Å². The van der Waals surface area contributed by atoms with Crippen molar-refractivity contribution < 1.29 is 4.79 Å². The largest absolute Gasteiger partial charge is 0.299 e.